The predicted octanol–water partition coefficient (Wildman–Crippen LogP) is 4.16. The minimum atomic E-state index is -0.309. The van der Waals surface area contributed by atoms with Crippen LogP contribution in [0.1, 0.15) is 49.2 Å². The van der Waals surface area contributed by atoms with Crippen molar-refractivity contribution < 1.29 is 14.3 Å². The van der Waals surface area contributed by atoms with E-state index in [4.69, 9.17) is 9.47 Å². The molecule has 0 atom stereocenters. The second-order valence-corrected chi connectivity index (χ2v) is 7.04. The van der Waals surface area contributed by atoms with Crippen LogP contribution >= 0.6 is 0 Å². The molecule has 2 aromatic carbocycles. The Hall–Kier alpha value is -2.82. The van der Waals surface area contributed by atoms with Crippen molar-refractivity contribution in [3.05, 3.63) is 59.2 Å². The summed E-state index contributed by atoms with van der Waals surface area (Å²) in [4.78, 5) is 12.3. The minimum Gasteiger partial charge on any atom is -0.493 e. The quantitative estimate of drug-likeness (QED) is 0.648. The highest BCUT2D eigenvalue weighted by Crippen LogP contribution is 2.27. The molecule has 5 nitrogen and oxygen atoms in total. The lowest BCUT2D eigenvalue weighted by molar-refractivity contribution is 0.0954. The average molecular weight is 354 g/mol. The van der Waals surface area contributed by atoms with E-state index in [1.54, 1.807) is 25.3 Å². The van der Waals surface area contributed by atoms with Crippen molar-refractivity contribution in [3.63, 3.8) is 0 Å². The number of nitrogens with zero attached hydrogens (tertiary/aromatic N) is 1. The Morgan fingerprint density at radius 2 is 1.50 bits per heavy atom. The van der Waals surface area contributed by atoms with E-state index in [1.807, 2.05) is 19.1 Å². The molecule has 2 aromatic rings. The molecule has 0 unspecified atom stereocenters. The zero-order valence-corrected chi connectivity index (χ0v) is 16.2. The summed E-state index contributed by atoms with van der Waals surface area (Å²) in [5, 5.41) is 4.21. The van der Waals surface area contributed by atoms with E-state index >= 15 is 0 Å². The van der Waals surface area contributed by atoms with Gasteiger partial charge in [0.15, 0.2) is 11.5 Å². The summed E-state index contributed by atoms with van der Waals surface area (Å²) in [5.74, 6) is 0.762. The SMILES string of the molecule is COc1ccc(C(=O)NN=C(C)c2ccc(C(C)(C)C)cc2)cc1OC. The Balaban J connectivity index is 2.12. The van der Waals surface area contributed by atoms with Crippen molar-refractivity contribution in [2.75, 3.05) is 14.2 Å². The van der Waals surface area contributed by atoms with Crippen LogP contribution in [0.15, 0.2) is 47.6 Å². The topological polar surface area (TPSA) is 59.9 Å². The summed E-state index contributed by atoms with van der Waals surface area (Å²) < 4.78 is 10.4. The van der Waals surface area contributed by atoms with Crippen LogP contribution in [0.4, 0.5) is 0 Å². The molecule has 0 aliphatic carbocycles. The molecule has 0 saturated carbocycles. The van der Waals surface area contributed by atoms with Crippen LogP contribution in [-0.2, 0) is 5.41 Å². The highest BCUT2D eigenvalue weighted by molar-refractivity contribution is 6.01. The van der Waals surface area contributed by atoms with Crippen LogP contribution in [-0.4, -0.2) is 25.8 Å². The fourth-order valence-corrected chi connectivity index (χ4v) is 2.45. The van der Waals surface area contributed by atoms with Gasteiger partial charge in [-0.2, -0.15) is 5.10 Å². The van der Waals surface area contributed by atoms with E-state index in [1.165, 1.54) is 12.7 Å². The first-order valence-electron chi connectivity index (χ1n) is 8.44. The predicted molar refractivity (Wildman–Crippen MR) is 104 cm³/mol. The smallest absolute Gasteiger partial charge is 0.271 e. The van der Waals surface area contributed by atoms with Gasteiger partial charge in [-0.3, -0.25) is 4.79 Å². The van der Waals surface area contributed by atoms with E-state index in [9.17, 15) is 4.79 Å². The minimum absolute atomic E-state index is 0.102. The number of ether oxygens (including phenoxy) is 2. The van der Waals surface area contributed by atoms with E-state index in [2.05, 4.69) is 43.4 Å². The first kappa shape index (κ1) is 19.5. The van der Waals surface area contributed by atoms with Gasteiger partial charge >= 0.3 is 0 Å². The maximum Gasteiger partial charge on any atom is 0.271 e. The van der Waals surface area contributed by atoms with Crippen molar-refractivity contribution in [1.82, 2.24) is 5.43 Å². The molecule has 138 valence electrons. The van der Waals surface area contributed by atoms with Crippen molar-refractivity contribution in [3.8, 4) is 11.5 Å². The van der Waals surface area contributed by atoms with Crippen molar-refractivity contribution in [2.24, 2.45) is 5.10 Å². The molecule has 5 heteroatoms. The highest BCUT2D eigenvalue weighted by Gasteiger charge is 2.13. The molecule has 0 saturated heterocycles. The first-order chi connectivity index (χ1) is 12.3. The molecule has 1 amide bonds. The van der Waals surface area contributed by atoms with Crippen LogP contribution in [0.25, 0.3) is 0 Å². The van der Waals surface area contributed by atoms with Gasteiger partial charge < -0.3 is 9.47 Å². The van der Waals surface area contributed by atoms with E-state index < -0.39 is 0 Å². The molecular formula is C21H26N2O3. The normalized spacial score (nSPS) is 11.8. The number of methoxy groups -OCH3 is 2. The van der Waals surface area contributed by atoms with Gasteiger partial charge in [-0.05, 0) is 41.7 Å². The molecular weight excluding hydrogens is 328 g/mol. The number of carbonyl (C=O) groups is 1. The molecule has 1 N–H and O–H groups in total. The highest BCUT2D eigenvalue weighted by atomic mass is 16.5. The summed E-state index contributed by atoms with van der Waals surface area (Å²) in [6.45, 7) is 8.38. The Morgan fingerprint density at radius 3 is 2.04 bits per heavy atom. The standard InChI is InChI=1S/C21H26N2O3/c1-14(15-7-10-17(11-8-15)21(2,3)4)22-23-20(24)16-9-12-18(25-5)19(13-16)26-6/h7-13H,1-6H3,(H,23,24). The third-order valence-corrected chi connectivity index (χ3v) is 4.14. The number of amides is 1. The number of rotatable bonds is 5. The number of hydrazone groups is 1. The van der Waals surface area contributed by atoms with Crippen molar-refractivity contribution in [1.29, 1.82) is 0 Å². The van der Waals surface area contributed by atoms with Gasteiger partial charge in [-0.25, -0.2) is 5.43 Å². The Labute approximate surface area is 155 Å². The molecule has 0 aromatic heterocycles. The van der Waals surface area contributed by atoms with Crippen LogP contribution in [0, 0.1) is 0 Å². The molecule has 0 fully saturated rings. The van der Waals surface area contributed by atoms with E-state index in [-0.39, 0.29) is 11.3 Å². The zero-order valence-electron chi connectivity index (χ0n) is 16.2. The monoisotopic (exact) mass is 354 g/mol. The number of carbonyl (C=O) groups excluding carboxylic acids is 1. The molecule has 0 heterocycles. The summed E-state index contributed by atoms with van der Waals surface area (Å²) in [6, 6.07) is 13.2. The maximum absolute atomic E-state index is 12.3. The fourth-order valence-electron chi connectivity index (χ4n) is 2.45. The third-order valence-electron chi connectivity index (χ3n) is 4.14. The number of benzene rings is 2. The van der Waals surface area contributed by atoms with Crippen LogP contribution < -0.4 is 14.9 Å². The largest absolute Gasteiger partial charge is 0.493 e. The first-order valence-corrected chi connectivity index (χ1v) is 8.44. The average Bonchev–Trinajstić information content (AvgIpc) is 2.64. The molecule has 2 rings (SSSR count). The lowest BCUT2D eigenvalue weighted by atomic mass is 9.86. The van der Waals surface area contributed by atoms with Gasteiger partial charge in [0.1, 0.15) is 0 Å². The second kappa shape index (κ2) is 8.04. The van der Waals surface area contributed by atoms with Gasteiger partial charge in [-0.15, -0.1) is 0 Å². The van der Waals surface area contributed by atoms with Gasteiger partial charge in [0.05, 0.1) is 19.9 Å². The second-order valence-electron chi connectivity index (χ2n) is 7.04. The van der Waals surface area contributed by atoms with E-state index in [0.717, 1.165) is 11.3 Å². The fraction of sp³-hybridized carbons (Fsp3) is 0.333. The molecule has 0 bridgehead atoms. The number of hydrogen-bond acceptors (Lipinski definition) is 4. The van der Waals surface area contributed by atoms with Crippen LogP contribution in [0.3, 0.4) is 0 Å². The van der Waals surface area contributed by atoms with Crippen LogP contribution in [0.5, 0.6) is 11.5 Å². The summed E-state index contributed by atoms with van der Waals surface area (Å²) in [5.41, 5.74) is 6.08. The summed E-state index contributed by atoms with van der Waals surface area (Å²) >= 11 is 0. The van der Waals surface area contributed by atoms with Gasteiger partial charge in [-0.1, -0.05) is 45.0 Å². The Kier molecular flexibility index (Phi) is 6.03. The Morgan fingerprint density at radius 1 is 0.923 bits per heavy atom. The number of hydrogen-bond donors (Lipinski definition) is 1. The lowest BCUT2D eigenvalue weighted by Crippen LogP contribution is -2.19. The molecule has 0 radical (unpaired) electrons. The van der Waals surface area contributed by atoms with Crippen molar-refractivity contribution >= 4 is 11.6 Å². The third kappa shape index (κ3) is 4.63. The molecule has 26 heavy (non-hydrogen) atoms. The van der Waals surface area contributed by atoms with Crippen LogP contribution in [0.2, 0.25) is 0 Å². The van der Waals surface area contributed by atoms with Gasteiger partial charge in [0.2, 0.25) is 0 Å². The molecule has 0 spiro atoms. The Bertz CT molecular complexity index is 803. The number of nitrogens with one attached hydrogen (secondary N) is 1. The van der Waals surface area contributed by atoms with E-state index in [0.29, 0.717) is 17.1 Å². The molecule has 0 aliphatic rings. The molecule has 0 aliphatic heterocycles. The van der Waals surface area contributed by atoms with Crippen molar-refractivity contribution in [2.45, 2.75) is 33.1 Å². The van der Waals surface area contributed by atoms with Gasteiger partial charge in [0.25, 0.3) is 5.91 Å². The van der Waals surface area contributed by atoms with Gasteiger partial charge in [0, 0.05) is 5.56 Å². The lowest BCUT2D eigenvalue weighted by Gasteiger charge is -2.19. The summed E-state index contributed by atoms with van der Waals surface area (Å²) in [7, 11) is 3.08. The summed E-state index contributed by atoms with van der Waals surface area (Å²) in [6.07, 6.45) is 0. The maximum atomic E-state index is 12.3. The zero-order chi connectivity index (χ0) is 19.3.